The molecule has 6 heteroatoms. The molecule has 0 aliphatic carbocycles. The van der Waals surface area contributed by atoms with E-state index in [9.17, 15) is 0 Å². The van der Waals surface area contributed by atoms with Crippen molar-refractivity contribution in [2.24, 2.45) is 0 Å². The summed E-state index contributed by atoms with van der Waals surface area (Å²) in [5, 5.41) is 2.21. The molecular weight excluding hydrogens is 940 g/mol. The molecule has 2 aromatic heterocycles. The maximum atomic E-state index is 6.66. The molecule has 1 aliphatic rings. The molecule has 0 saturated heterocycles. The molecule has 0 N–H and O–H groups in total. The van der Waals surface area contributed by atoms with E-state index in [-0.39, 0.29) is 31.9 Å². The molecule has 0 saturated carbocycles. The normalized spacial score (nSPS) is 12.7. The van der Waals surface area contributed by atoms with Crippen molar-refractivity contribution < 1.29 is 25.8 Å². The maximum absolute atomic E-state index is 6.66. The SMILES string of the molecule is CC(C)(C)c1cc(-c2ccccc2)cc(N2[CH-]N(c3[c-]c(Oc4[c-]c5c(cc4)c4cc(-c6ccccc6)ccc4n5-c4cc(C(C)(C)C)ccn4)ccc3)c3ccccc32)c1.[Pt]. The minimum atomic E-state index is -0.0400. The summed E-state index contributed by atoms with van der Waals surface area (Å²) in [6, 6.07) is 65.0. The first-order valence-corrected chi connectivity index (χ1v) is 20.9. The van der Waals surface area contributed by atoms with Crippen LogP contribution in [0.3, 0.4) is 0 Å². The van der Waals surface area contributed by atoms with Crippen LogP contribution in [0.25, 0.3) is 49.9 Å². The molecule has 7 aromatic carbocycles. The van der Waals surface area contributed by atoms with Gasteiger partial charge in [-0.05, 0) is 92.1 Å². The van der Waals surface area contributed by atoms with E-state index in [2.05, 4.69) is 220 Å². The van der Waals surface area contributed by atoms with Gasteiger partial charge < -0.3 is 19.1 Å². The number of nitrogens with zero attached hydrogens (tertiary/aromatic N) is 4. The summed E-state index contributed by atoms with van der Waals surface area (Å²) < 4.78 is 8.88. The van der Waals surface area contributed by atoms with E-state index in [0.29, 0.717) is 11.5 Å². The van der Waals surface area contributed by atoms with Gasteiger partial charge in [-0.3, -0.25) is 0 Å². The fourth-order valence-corrected chi connectivity index (χ4v) is 8.28. The second kappa shape index (κ2) is 16.1. The van der Waals surface area contributed by atoms with Crippen LogP contribution in [0.4, 0.5) is 22.7 Å². The Kier molecular flexibility index (Phi) is 10.7. The van der Waals surface area contributed by atoms with Crippen molar-refractivity contribution in [2.45, 2.75) is 52.4 Å². The van der Waals surface area contributed by atoms with Crippen LogP contribution in [0.1, 0.15) is 52.7 Å². The van der Waals surface area contributed by atoms with Crippen LogP contribution < -0.4 is 14.5 Å². The summed E-state index contributed by atoms with van der Waals surface area (Å²) in [6.07, 6.45) is 1.91. The number of benzene rings is 7. The van der Waals surface area contributed by atoms with Gasteiger partial charge in [0.15, 0.2) is 0 Å². The van der Waals surface area contributed by atoms with E-state index in [0.717, 1.165) is 55.9 Å². The number of hydrogen-bond acceptors (Lipinski definition) is 4. The predicted octanol–water partition coefficient (Wildman–Crippen LogP) is 14.9. The molecule has 0 radical (unpaired) electrons. The van der Waals surface area contributed by atoms with Gasteiger partial charge in [0, 0.05) is 61.3 Å². The quantitative estimate of drug-likeness (QED) is 0.149. The minimum absolute atomic E-state index is 0. The summed E-state index contributed by atoms with van der Waals surface area (Å²) >= 11 is 0. The largest absolute Gasteiger partial charge is 0.509 e. The van der Waals surface area contributed by atoms with Crippen LogP contribution in [0, 0.1) is 18.8 Å². The molecule has 5 nitrogen and oxygen atoms in total. The van der Waals surface area contributed by atoms with Crippen molar-refractivity contribution in [2.75, 3.05) is 9.80 Å². The fourth-order valence-electron chi connectivity index (χ4n) is 8.28. The van der Waals surface area contributed by atoms with Gasteiger partial charge in [0.1, 0.15) is 5.82 Å². The molecule has 3 heterocycles. The first kappa shape index (κ1) is 41.0. The number of ether oxygens (including phenoxy) is 1. The van der Waals surface area contributed by atoms with E-state index in [4.69, 9.17) is 9.72 Å². The van der Waals surface area contributed by atoms with E-state index >= 15 is 0 Å². The molecule has 0 fully saturated rings. The average Bonchev–Trinajstić information content (AvgIpc) is 3.82. The summed E-state index contributed by atoms with van der Waals surface area (Å²) in [4.78, 5) is 9.39. The molecule has 0 spiro atoms. The first-order valence-electron chi connectivity index (χ1n) is 20.9. The third-order valence-electron chi connectivity index (χ3n) is 11.6. The van der Waals surface area contributed by atoms with Crippen molar-refractivity contribution in [1.82, 2.24) is 9.55 Å². The van der Waals surface area contributed by atoms with Crippen molar-refractivity contribution >= 4 is 44.6 Å². The number of anilines is 4. The van der Waals surface area contributed by atoms with Crippen molar-refractivity contribution in [1.29, 1.82) is 0 Å². The van der Waals surface area contributed by atoms with Gasteiger partial charge >= 0.3 is 0 Å². The van der Waals surface area contributed by atoms with E-state index in [1.165, 1.54) is 27.8 Å². The Morgan fingerprint density at radius 2 is 1.18 bits per heavy atom. The van der Waals surface area contributed by atoms with Gasteiger partial charge in [-0.1, -0.05) is 138 Å². The molecule has 0 bridgehead atoms. The van der Waals surface area contributed by atoms with Gasteiger partial charge in [0.05, 0.1) is 0 Å². The molecule has 310 valence electrons. The third-order valence-corrected chi connectivity index (χ3v) is 11.6. The minimum Gasteiger partial charge on any atom is -0.509 e. The Labute approximate surface area is 379 Å². The Balaban J connectivity index is 0.00000490. The number of rotatable bonds is 7. The number of para-hydroxylation sites is 2. The zero-order chi connectivity index (χ0) is 41.9. The number of hydrogen-bond donors (Lipinski definition) is 0. The third kappa shape index (κ3) is 7.71. The summed E-state index contributed by atoms with van der Waals surface area (Å²) in [5.74, 6) is 2.04. The first-order chi connectivity index (χ1) is 29.5. The molecule has 0 amide bonds. The zero-order valence-corrected chi connectivity index (χ0v) is 38.0. The van der Waals surface area contributed by atoms with Crippen LogP contribution in [0.2, 0.25) is 0 Å². The van der Waals surface area contributed by atoms with Gasteiger partial charge in [0.25, 0.3) is 0 Å². The van der Waals surface area contributed by atoms with Gasteiger partial charge in [0.2, 0.25) is 0 Å². The topological polar surface area (TPSA) is 33.5 Å². The second-order valence-electron chi connectivity index (χ2n) is 17.9. The number of fused-ring (bicyclic) bond motifs is 4. The monoisotopic (exact) mass is 986 g/mol. The van der Waals surface area contributed by atoms with Crippen molar-refractivity contribution in [3.05, 3.63) is 200 Å². The smallest absolute Gasteiger partial charge is 0.135 e. The van der Waals surface area contributed by atoms with Gasteiger partial charge in [-0.25, -0.2) is 4.98 Å². The van der Waals surface area contributed by atoms with E-state index in [1.807, 2.05) is 24.4 Å². The van der Waals surface area contributed by atoms with Crippen LogP contribution in [-0.2, 0) is 31.9 Å². The Hall–Kier alpha value is -6.42. The van der Waals surface area contributed by atoms with Crippen molar-refractivity contribution in [3.8, 4) is 39.6 Å². The molecule has 62 heavy (non-hydrogen) atoms. The Morgan fingerprint density at radius 3 is 1.89 bits per heavy atom. The van der Waals surface area contributed by atoms with Crippen LogP contribution in [-0.4, -0.2) is 9.55 Å². The average molecular weight is 987 g/mol. The van der Waals surface area contributed by atoms with Crippen molar-refractivity contribution in [3.63, 3.8) is 0 Å². The molecule has 10 rings (SSSR count). The summed E-state index contributed by atoms with van der Waals surface area (Å²) in [6.45, 7) is 15.7. The Morgan fingerprint density at radius 1 is 0.516 bits per heavy atom. The van der Waals surface area contributed by atoms with E-state index < -0.39 is 0 Å². The Bertz CT molecular complexity index is 3070. The molecule has 9 aromatic rings. The number of pyridine rings is 1. The van der Waals surface area contributed by atoms with Gasteiger partial charge in [-0.15, -0.1) is 48.1 Å². The van der Waals surface area contributed by atoms with Crippen LogP contribution in [0.15, 0.2) is 170 Å². The predicted molar refractivity (Wildman–Crippen MR) is 252 cm³/mol. The molecular formula is C56H47N4OPt-3. The standard InChI is InChI=1S/C56H47N4O.Pt/c1-55(2,3)42-28-29-57-54(34-42)60-50-27-24-40(38-16-9-7-10-17-38)32-49(50)48-26-25-47(36-53(48)60)61-46-21-15-20-44(35-46)58-37-59(52-23-14-13-22-51(52)58)45-31-41(39-18-11-8-12-19-39)30-43(33-45)56(4,5)6;/h7-34,37H,1-6H3;/q-3;. The van der Waals surface area contributed by atoms with Gasteiger partial charge in [-0.2, -0.15) is 12.1 Å². The summed E-state index contributed by atoms with van der Waals surface area (Å²) in [5.41, 5.74) is 13.2. The maximum Gasteiger partial charge on any atom is 0.135 e. The number of aromatic nitrogens is 2. The van der Waals surface area contributed by atoms with Crippen LogP contribution >= 0.6 is 0 Å². The summed E-state index contributed by atoms with van der Waals surface area (Å²) in [7, 11) is 0. The molecule has 0 atom stereocenters. The fraction of sp³-hybridized carbons (Fsp3) is 0.143. The second-order valence-corrected chi connectivity index (χ2v) is 17.9. The van der Waals surface area contributed by atoms with E-state index in [1.54, 1.807) is 0 Å². The molecule has 1 aliphatic heterocycles. The van der Waals surface area contributed by atoms with Crippen LogP contribution in [0.5, 0.6) is 11.5 Å². The molecule has 0 unspecified atom stereocenters. The zero-order valence-electron chi connectivity index (χ0n) is 35.8.